The van der Waals surface area contributed by atoms with Crippen molar-refractivity contribution >= 4 is 49.6 Å². The molecule has 0 bridgehead atoms. The monoisotopic (exact) mass is 405 g/mol. The summed E-state index contributed by atoms with van der Waals surface area (Å²) in [4.78, 5) is 10.6. The van der Waals surface area contributed by atoms with Gasteiger partial charge in [0.2, 0.25) is 0 Å². The molecule has 5 nitrogen and oxygen atoms in total. The average molecular weight is 407 g/mol. The first-order chi connectivity index (χ1) is 8.97. The number of halogens is 2. The standard InChI is InChI=1S/C11H9Br2N3O2S/c1-16-10(6-2-7(12)4-8(13)3-6)14-15-11(16)19-5-9(17)18/h2-4H,5H2,1H3,(H,17,18). The molecule has 0 aliphatic heterocycles. The Balaban J connectivity index is 2.33. The first-order valence-electron chi connectivity index (χ1n) is 5.18. The zero-order valence-electron chi connectivity index (χ0n) is 9.80. The summed E-state index contributed by atoms with van der Waals surface area (Å²) >= 11 is 7.99. The molecule has 2 aromatic rings. The molecule has 0 saturated heterocycles. The van der Waals surface area contributed by atoms with Gasteiger partial charge >= 0.3 is 5.97 Å². The third-order valence-electron chi connectivity index (χ3n) is 2.28. The van der Waals surface area contributed by atoms with E-state index in [4.69, 9.17) is 5.11 Å². The molecule has 0 spiro atoms. The summed E-state index contributed by atoms with van der Waals surface area (Å²) in [7, 11) is 1.81. The molecule has 0 aliphatic rings. The molecule has 2 rings (SSSR count). The number of carboxylic acids is 1. The quantitative estimate of drug-likeness (QED) is 0.789. The van der Waals surface area contributed by atoms with Crippen LogP contribution in [-0.2, 0) is 11.8 Å². The predicted octanol–water partition coefficient (Wildman–Crippen LogP) is 3.18. The van der Waals surface area contributed by atoms with E-state index in [0.717, 1.165) is 26.3 Å². The van der Waals surface area contributed by atoms with Gasteiger partial charge in [0.15, 0.2) is 11.0 Å². The van der Waals surface area contributed by atoms with Crippen LogP contribution in [0.3, 0.4) is 0 Å². The number of carboxylic acid groups (broad SMARTS) is 1. The lowest BCUT2D eigenvalue weighted by Crippen LogP contribution is -2.01. The molecule has 8 heteroatoms. The van der Waals surface area contributed by atoms with E-state index in [0.29, 0.717) is 11.0 Å². The van der Waals surface area contributed by atoms with Crippen LogP contribution in [0.25, 0.3) is 11.4 Å². The molecule has 0 radical (unpaired) electrons. The summed E-state index contributed by atoms with van der Waals surface area (Å²) < 4.78 is 3.64. The largest absolute Gasteiger partial charge is 0.481 e. The number of nitrogens with zero attached hydrogens (tertiary/aromatic N) is 3. The number of benzene rings is 1. The van der Waals surface area contributed by atoms with E-state index in [1.165, 1.54) is 0 Å². The van der Waals surface area contributed by atoms with Crippen LogP contribution in [-0.4, -0.2) is 31.6 Å². The minimum absolute atomic E-state index is 0.0336. The van der Waals surface area contributed by atoms with Gasteiger partial charge < -0.3 is 9.67 Å². The molecule has 1 heterocycles. The van der Waals surface area contributed by atoms with Gasteiger partial charge in [0.05, 0.1) is 5.75 Å². The van der Waals surface area contributed by atoms with Crippen molar-refractivity contribution in [3.05, 3.63) is 27.1 Å². The first-order valence-corrected chi connectivity index (χ1v) is 7.75. The number of thioether (sulfide) groups is 1. The van der Waals surface area contributed by atoms with Crippen LogP contribution in [0.2, 0.25) is 0 Å². The second kappa shape index (κ2) is 6.06. The number of rotatable bonds is 4. The Kier molecular flexibility index (Phi) is 4.64. The van der Waals surface area contributed by atoms with Crippen molar-refractivity contribution in [3.8, 4) is 11.4 Å². The highest BCUT2D eigenvalue weighted by atomic mass is 79.9. The number of aromatic nitrogens is 3. The van der Waals surface area contributed by atoms with Gasteiger partial charge in [-0.05, 0) is 18.2 Å². The molecular formula is C11H9Br2N3O2S. The van der Waals surface area contributed by atoms with Crippen molar-refractivity contribution in [2.45, 2.75) is 5.16 Å². The van der Waals surface area contributed by atoms with Crippen molar-refractivity contribution in [1.29, 1.82) is 0 Å². The SMILES string of the molecule is Cn1c(SCC(=O)O)nnc1-c1cc(Br)cc(Br)c1. The van der Waals surface area contributed by atoms with E-state index < -0.39 is 5.97 Å². The van der Waals surface area contributed by atoms with Crippen LogP contribution in [0.15, 0.2) is 32.3 Å². The van der Waals surface area contributed by atoms with Gasteiger partial charge in [0.1, 0.15) is 0 Å². The maximum atomic E-state index is 10.6. The molecule has 0 aliphatic carbocycles. The van der Waals surface area contributed by atoms with E-state index in [2.05, 4.69) is 42.1 Å². The molecule has 1 N–H and O–H groups in total. The van der Waals surface area contributed by atoms with Crippen molar-refractivity contribution in [2.24, 2.45) is 7.05 Å². The van der Waals surface area contributed by atoms with Crippen LogP contribution < -0.4 is 0 Å². The Morgan fingerprint density at radius 1 is 1.32 bits per heavy atom. The van der Waals surface area contributed by atoms with E-state index in [9.17, 15) is 4.79 Å². The zero-order chi connectivity index (χ0) is 14.0. The molecule has 1 aromatic carbocycles. The van der Waals surface area contributed by atoms with Crippen LogP contribution in [0.5, 0.6) is 0 Å². The van der Waals surface area contributed by atoms with Gasteiger partial charge in [0, 0.05) is 21.6 Å². The summed E-state index contributed by atoms with van der Waals surface area (Å²) in [5.41, 5.74) is 0.901. The fourth-order valence-electron chi connectivity index (χ4n) is 1.50. The van der Waals surface area contributed by atoms with E-state index in [1.54, 1.807) is 4.57 Å². The van der Waals surface area contributed by atoms with Gasteiger partial charge in [0.25, 0.3) is 0 Å². The summed E-state index contributed by atoms with van der Waals surface area (Å²) in [6.45, 7) is 0. The van der Waals surface area contributed by atoms with Crippen molar-refractivity contribution in [3.63, 3.8) is 0 Å². The van der Waals surface area contributed by atoms with E-state index in [1.807, 2.05) is 25.2 Å². The smallest absolute Gasteiger partial charge is 0.313 e. The Morgan fingerprint density at radius 2 is 1.95 bits per heavy atom. The zero-order valence-corrected chi connectivity index (χ0v) is 13.8. The van der Waals surface area contributed by atoms with Crippen molar-refractivity contribution < 1.29 is 9.90 Å². The Morgan fingerprint density at radius 3 is 2.53 bits per heavy atom. The predicted molar refractivity (Wildman–Crippen MR) is 80.2 cm³/mol. The molecule has 100 valence electrons. The van der Waals surface area contributed by atoms with Crippen LogP contribution in [0.4, 0.5) is 0 Å². The average Bonchev–Trinajstić information content (AvgIpc) is 2.66. The topological polar surface area (TPSA) is 68.0 Å². The molecule has 0 atom stereocenters. The third-order valence-corrected chi connectivity index (χ3v) is 4.20. The van der Waals surface area contributed by atoms with Crippen molar-refractivity contribution in [1.82, 2.24) is 14.8 Å². The molecule has 1 aromatic heterocycles. The first kappa shape index (κ1) is 14.5. The Bertz CT molecular complexity index is 610. The summed E-state index contributed by atoms with van der Waals surface area (Å²) in [6.07, 6.45) is 0. The normalized spacial score (nSPS) is 10.7. The van der Waals surface area contributed by atoms with Gasteiger partial charge in [-0.3, -0.25) is 4.79 Å². The van der Waals surface area contributed by atoms with Gasteiger partial charge in [-0.2, -0.15) is 0 Å². The Labute approximate surface area is 130 Å². The number of hydrogen-bond acceptors (Lipinski definition) is 4. The highest BCUT2D eigenvalue weighted by Gasteiger charge is 2.13. The second-order valence-electron chi connectivity index (χ2n) is 3.71. The lowest BCUT2D eigenvalue weighted by Gasteiger charge is -2.04. The minimum Gasteiger partial charge on any atom is -0.481 e. The molecule has 19 heavy (non-hydrogen) atoms. The van der Waals surface area contributed by atoms with Crippen LogP contribution in [0, 0.1) is 0 Å². The highest BCUT2D eigenvalue weighted by molar-refractivity contribution is 9.11. The summed E-state index contributed by atoms with van der Waals surface area (Å²) in [5, 5.41) is 17.4. The molecule has 0 fully saturated rings. The van der Waals surface area contributed by atoms with Gasteiger partial charge in [-0.25, -0.2) is 0 Å². The summed E-state index contributed by atoms with van der Waals surface area (Å²) in [5.74, 6) is -0.219. The number of aliphatic carboxylic acids is 1. The molecule has 0 saturated carbocycles. The van der Waals surface area contributed by atoms with E-state index in [-0.39, 0.29) is 5.75 Å². The van der Waals surface area contributed by atoms with Crippen molar-refractivity contribution in [2.75, 3.05) is 5.75 Å². The number of carbonyl (C=O) groups is 1. The molecule has 0 unspecified atom stereocenters. The lowest BCUT2D eigenvalue weighted by atomic mass is 10.2. The maximum absolute atomic E-state index is 10.6. The second-order valence-corrected chi connectivity index (χ2v) is 6.48. The Hall–Kier alpha value is -0.860. The fourth-order valence-corrected chi connectivity index (χ4v) is 3.43. The molecule has 0 amide bonds. The number of hydrogen-bond donors (Lipinski definition) is 1. The minimum atomic E-state index is -0.875. The van der Waals surface area contributed by atoms with Crippen LogP contribution in [0.1, 0.15) is 0 Å². The summed E-state index contributed by atoms with van der Waals surface area (Å²) in [6, 6.07) is 5.79. The lowest BCUT2D eigenvalue weighted by molar-refractivity contribution is -0.133. The highest BCUT2D eigenvalue weighted by Crippen LogP contribution is 2.28. The third kappa shape index (κ3) is 3.58. The maximum Gasteiger partial charge on any atom is 0.313 e. The van der Waals surface area contributed by atoms with E-state index >= 15 is 0 Å². The van der Waals surface area contributed by atoms with Crippen LogP contribution >= 0.6 is 43.6 Å². The van der Waals surface area contributed by atoms with Gasteiger partial charge in [-0.1, -0.05) is 43.6 Å². The fraction of sp³-hybridized carbons (Fsp3) is 0.182. The molecular weight excluding hydrogens is 398 g/mol. The van der Waals surface area contributed by atoms with Gasteiger partial charge in [-0.15, -0.1) is 10.2 Å².